The van der Waals surface area contributed by atoms with Crippen LogP contribution in [0.25, 0.3) is 0 Å². The number of methoxy groups -OCH3 is 1. The van der Waals surface area contributed by atoms with Crippen molar-refractivity contribution in [3.8, 4) is 0 Å². The number of nitrogens with one attached hydrogen (secondary N) is 1. The van der Waals surface area contributed by atoms with Gasteiger partial charge in [0.05, 0.1) is 25.3 Å². The Kier molecular flexibility index (Phi) is 12.0. The lowest BCUT2D eigenvalue weighted by atomic mass is 9.89. The normalized spacial score (nSPS) is 17.5. The fraction of sp³-hybridized carbons (Fsp3) is 1.00. The molecule has 5 nitrogen and oxygen atoms in total. The minimum atomic E-state index is -1.16. The monoisotopic (exact) mass is 325 g/mol. The minimum Gasteiger partial charge on any atom is -0.465 e. The van der Waals surface area contributed by atoms with Crippen molar-refractivity contribution in [3.63, 3.8) is 0 Å². The largest absolute Gasteiger partial charge is 0.465 e. The zero-order valence-corrected chi connectivity index (χ0v) is 14.4. The Morgan fingerprint density at radius 2 is 2.05 bits per heavy atom. The van der Waals surface area contributed by atoms with Crippen LogP contribution in [0.5, 0.6) is 0 Å². The van der Waals surface area contributed by atoms with E-state index in [4.69, 9.17) is 39.2 Å². The quantitative estimate of drug-likeness (QED) is 0.361. The Hall–Kier alpha value is 0.815. The van der Waals surface area contributed by atoms with Crippen molar-refractivity contribution in [2.45, 2.75) is 45.0 Å². The van der Waals surface area contributed by atoms with E-state index in [0.29, 0.717) is 13.2 Å². The Balaban J connectivity index is 4.74. The van der Waals surface area contributed by atoms with Crippen LogP contribution in [0, 0.1) is 0 Å². The summed E-state index contributed by atoms with van der Waals surface area (Å²) in [5, 5.41) is 3.09. The van der Waals surface area contributed by atoms with Gasteiger partial charge in [-0.1, -0.05) is 0 Å². The first kappa shape index (κ1) is 19.8. The standard InChI is InChI=1S/C10H22BNO4P2S/c1-5-15-10(11)9(12-18(19)17-13)8(14-4)6-16-7(2)3/h7-10,12-13H,5-6H2,1-4H3. The van der Waals surface area contributed by atoms with Crippen LogP contribution in [0.2, 0.25) is 0 Å². The van der Waals surface area contributed by atoms with Gasteiger partial charge in [0.25, 0.3) is 8.09 Å². The summed E-state index contributed by atoms with van der Waals surface area (Å²) in [6.07, 6.45) is -0.193. The zero-order chi connectivity index (χ0) is 14.8. The van der Waals surface area contributed by atoms with Crippen molar-refractivity contribution in [1.82, 2.24) is 5.09 Å². The lowest BCUT2D eigenvalue weighted by molar-refractivity contribution is -0.0484. The minimum absolute atomic E-state index is 0.0996. The van der Waals surface area contributed by atoms with Crippen LogP contribution in [-0.4, -0.2) is 57.3 Å². The molecule has 0 saturated carbocycles. The van der Waals surface area contributed by atoms with Crippen LogP contribution in [0.4, 0.5) is 0 Å². The molecule has 0 aromatic rings. The summed E-state index contributed by atoms with van der Waals surface area (Å²) < 4.78 is 16.4. The maximum atomic E-state index is 9.05. The summed E-state index contributed by atoms with van der Waals surface area (Å²) >= 11 is 5.10. The van der Waals surface area contributed by atoms with Gasteiger partial charge in [-0.3, -0.25) is 0 Å². The summed E-state index contributed by atoms with van der Waals surface area (Å²) in [4.78, 5) is 9.05. The summed E-state index contributed by atoms with van der Waals surface area (Å²) in [7, 11) is 7.70. The number of hydrogen-bond acceptors (Lipinski definition) is 4. The molecule has 0 saturated heterocycles. The van der Waals surface area contributed by atoms with Crippen molar-refractivity contribution in [2.75, 3.05) is 20.3 Å². The van der Waals surface area contributed by atoms with Crippen LogP contribution in [0.1, 0.15) is 20.8 Å². The molecule has 4 atom stereocenters. The van der Waals surface area contributed by atoms with Gasteiger partial charge in [-0.05, 0) is 20.8 Å². The number of hydrogen-bond donors (Lipinski definition) is 2. The van der Waals surface area contributed by atoms with Gasteiger partial charge in [0.1, 0.15) is 14.0 Å². The van der Waals surface area contributed by atoms with Gasteiger partial charge in [0.15, 0.2) is 0 Å². The van der Waals surface area contributed by atoms with Gasteiger partial charge in [0, 0.05) is 19.7 Å². The highest BCUT2D eigenvalue weighted by Gasteiger charge is 2.30. The first-order chi connectivity index (χ1) is 8.96. The molecule has 9 heteroatoms. The van der Waals surface area contributed by atoms with Crippen LogP contribution in [0.3, 0.4) is 0 Å². The molecule has 2 radical (unpaired) electrons. The maximum Gasteiger partial charge on any atom is 0.284 e. The number of rotatable bonds is 10. The molecule has 0 bridgehead atoms. The van der Waals surface area contributed by atoms with Gasteiger partial charge in [-0.15, -0.1) is 0 Å². The average molecular weight is 325 g/mol. The molecular weight excluding hydrogens is 303 g/mol. The number of ether oxygens (including phenoxy) is 3. The first-order valence-corrected chi connectivity index (χ1v) is 9.97. The molecule has 0 aromatic carbocycles. The maximum absolute atomic E-state index is 9.05. The SMILES string of the molecule is [B]C(OCC)C(N[P+]([S-])=PO)C(COC(C)C)OC. The average Bonchev–Trinajstić information content (AvgIpc) is 2.37. The second kappa shape index (κ2) is 11.5. The predicted octanol–water partition coefficient (Wildman–Crippen LogP) is 1.54. The van der Waals surface area contributed by atoms with E-state index in [0.717, 1.165) is 0 Å². The lowest BCUT2D eigenvalue weighted by Gasteiger charge is -2.30. The smallest absolute Gasteiger partial charge is 0.284 e. The summed E-state index contributed by atoms with van der Waals surface area (Å²) in [5.41, 5.74) is 0. The summed E-state index contributed by atoms with van der Waals surface area (Å²) in [6, 6.07) is -0.896. The third-order valence-electron chi connectivity index (χ3n) is 2.35. The zero-order valence-electron chi connectivity index (χ0n) is 11.8. The second-order valence-corrected chi connectivity index (χ2v) is 8.72. The van der Waals surface area contributed by atoms with Gasteiger partial charge >= 0.3 is 0 Å². The van der Waals surface area contributed by atoms with E-state index in [1.165, 1.54) is 0 Å². The third kappa shape index (κ3) is 8.64. The Bertz CT molecular complexity index is 274. The van der Waals surface area contributed by atoms with E-state index in [1.54, 1.807) is 7.11 Å². The van der Waals surface area contributed by atoms with E-state index in [9.17, 15) is 0 Å². The van der Waals surface area contributed by atoms with Gasteiger partial charge < -0.3 is 31.4 Å². The Labute approximate surface area is 124 Å². The third-order valence-corrected chi connectivity index (χ3v) is 4.84. The van der Waals surface area contributed by atoms with Crippen LogP contribution in [-0.2, 0) is 26.5 Å². The van der Waals surface area contributed by atoms with E-state index >= 15 is 0 Å². The molecular formula is C10H22BNO4P2S. The summed E-state index contributed by atoms with van der Waals surface area (Å²) in [6.45, 7) is 5.48. The molecule has 19 heavy (non-hydrogen) atoms. The molecule has 0 aliphatic rings. The van der Waals surface area contributed by atoms with Crippen molar-refractivity contribution >= 4 is 34.8 Å². The molecule has 110 valence electrons. The Morgan fingerprint density at radius 1 is 1.42 bits per heavy atom. The highest BCUT2D eigenvalue weighted by molar-refractivity contribution is 8.41. The van der Waals surface area contributed by atoms with E-state index in [1.807, 2.05) is 20.8 Å². The van der Waals surface area contributed by atoms with E-state index in [2.05, 4.69) is 5.09 Å². The van der Waals surface area contributed by atoms with Crippen molar-refractivity contribution in [2.24, 2.45) is 0 Å². The molecule has 0 fully saturated rings. The Morgan fingerprint density at radius 3 is 2.47 bits per heavy atom. The fourth-order valence-corrected chi connectivity index (χ4v) is 2.96. The molecule has 2 N–H and O–H groups in total. The summed E-state index contributed by atoms with van der Waals surface area (Å²) in [5.74, 6) is 0. The lowest BCUT2D eigenvalue weighted by Crippen LogP contribution is -2.50. The first-order valence-electron chi connectivity index (χ1n) is 6.06. The fourth-order valence-electron chi connectivity index (χ4n) is 1.42. The second-order valence-electron chi connectivity index (χ2n) is 4.09. The van der Waals surface area contributed by atoms with Gasteiger partial charge in [-0.2, -0.15) is 5.09 Å². The molecule has 0 aliphatic heterocycles. The van der Waals surface area contributed by atoms with Crippen LogP contribution in [0.15, 0.2) is 0 Å². The molecule has 0 spiro atoms. The molecule has 0 aliphatic carbocycles. The van der Waals surface area contributed by atoms with Crippen LogP contribution < -0.4 is 5.09 Å². The van der Waals surface area contributed by atoms with Crippen molar-refractivity contribution < 1.29 is 19.1 Å². The van der Waals surface area contributed by atoms with Gasteiger partial charge in [-0.25, -0.2) is 0 Å². The van der Waals surface area contributed by atoms with E-state index in [-0.39, 0.29) is 26.3 Å². The molecule has 0 heterocycles. The van der Waals surface area contributed by atoms with E-state index < -0.39 is 12.6 Å². The highest BCUT2D eigenvalue weighted by Crippen LogP contribution is 2.28. The van der Waals surface area contributed by atoms with Gasteiger partial charge in [0.2, 0.25) is 0 Å². The molecule has 0 amide bonds. The highest BCUT2D eigenvalue weighted by atomic mass is 32.8. The molecule has 4 unspecified atom stereocenters. The van der Waals surface area contributed by atoms with Crippen molar-refractivity contribution in [1.29, 1.82) is 0 Å². The van der Waals surface area contributed by atoms with Crippen LogP contribution >= 0.6 is 14.7 Å². The molecule has 0 aromatic heterocycles. The topological polar surface area (TPSA) is 60.0 Å². The van der Waals surface area contributed by atoms with Crippen molar-refractivity contribution in [3.05, 3.63) is 0 Å². The predicted molar refractivity (Wildman–Crippen MR) is 83.4 cm³/mol. The molecule has 0 rings (SSSR count).